The minimum Gasteiger partial charge on any atom is -0.493 e. The normalized spacial score (nSPS) is 14.7. The fraction of sp³-hybridized carbons (Fsp3) is 0.407. The van der Waals surface area contributed by atoms with Crippen molar-refractivity contribution in [1.29, 1.82) is 0 Å². The summed E-state index contributed by atoms with van der Waals surface area (Å²) in [6.45, 7) is 7.62. The summed E-state index contributed by atoms with van der Waals surface area (Å²) in [6, 6.07) is 14.3. The number of carbonyl (C=O) groups excluding carboxylic acids is 1. The van der Waals surface area contributed by atoms with Crippen molar-refractivity contribution in [2.75, 3.05) is 19.8 Å². The van der Waals surface area contributed by atoms with Crippen molar-refractivity contribution < 1.29 is 19.0 Å². The second-order valence-corrected chi connectivity index (χ2v) is 9.54. The van der Waals surface area contributed by atoms with Crippen LogP contribution < -0.4 is 9.47 Å². The van der Waals surface area contributed by atoms with Gasteiger partial charge in [-0.2, -0.15) is 0 Å². The summed E-state index contributed by atoms with van der Waals surface area (Å²) in [5, 5.41) is 1.05. The summed E-state index contributed by atoms with van der Waals surface area (Å²) in [6.07, 6.45) is 3.24. The molecule has 4 rings (SSSR count). The lowest BCUT2D eigenvalue weighted by Gasteiger charge is -2.12. The largest absolute Gasteiger partial charge is 0.493 e. The lowest BCUT2D eigenvalue weighted by atomic mass is 9.98. The van der Waals surface area contributed by atoms with E-state index in [4.69, 9.17) is 14.2 Å². The first-order valence-electron chi connectivity index (χ1n) is 11.6. The molecule has 1 aliphatic carbocycles. The highest BCUT2D eigenvalue weighted by molar-refractivity contribution is 7.15. The smallest absolute Gasteiger partial charge is 0.306 e. The monoisotopic (exact) mass is 465 g/mol. The van der Waals surface area contributed by atoms with Crippen molar-refractivity contribution in [3.63, 3.8) is 0 Å². The van der Waals surface area contributed by atoms with Crippen LogP contribution in [-0.2, 0) is 16.0 Å². The highest BCUT2D eigenvalue weighted by Crippen LogP contribution is 2.37. The van der Waals surface area contributed by atoms with E-state index in [1.165, 1.54) is 16.0 Å². The number of esters is 1. The summed E-state index contributed by atoms with van der Waals surface area (Å²) in [5.41, 5.74) is 4.75. The summed E-state index contributed by atoms with van der Waals surface area (Å²) < 4.78 is 16.9. The van der Waals surface area contributed by atoms with Crippen LogP contribution in [-0.4, -0.2) is 30.8 Å². The van der Waals surface area contributed by atoms with Gasteiger partial charge in [-0.05, 0) is 87.1 Å². The van der Waals surface area contributed by atoms with Crippen LogP contribution in [0.5, 0.6) is 11.5 Å². The Morgan fingerprint density at radius 2 is 1.79 bits per heavy atom. The average molecular weight is 466 g/mol. The highest BCUT2D eigenvalue weighted by atomic mass is 32.1. The Hall–Kier alpha value is -2.86. The Kier molecular flexibility index (Phi) is 7.65. The van der Waals surface area contributed by atoms with Crippen LogP contribution in [0.2, 0.25) is 0 Å². The molecule has 2 aromatic carbocycles. The topological polar surface area (TPSA) is 57.7 Å². The highest BCUT2D eigenvalue weighted by Gasteiger charge is 2.25. The number of fused-ring (bicyclic) bond motifs is 1. The Labute approximate surface area is 199 Å². The molecule has 0 saturated carbocycles. The van der Waals surface area contributed by atoms with Crippen molar-refractivity contribution in [3.05, 3.63) is 64.2 Å². The summed E-state index contributed by atoms with van der Waals surface area (Å²) in [4.78, 5) is 17.7. The third kappa shape index (κ3) is 5.93. The van der Waals surface area contributed by atoms with Gasteiger partial charge in [-0.1, -0.05) is 6.07 Å². The van der Waals surface area contributed by atoms with Gasteiger partial charge in [0.15, 0.2) is 0 Å². The molecule has 0 aliphatic heterocycles. The van der Waals surface area contributed by atoms with Gasteiger partial charge in [-0.15, -0.1) is 11.3 Å². The van der Waals surface area contributed by atoms with Crippen LogP contribution in [0.15, 0.2) is 42.5 Å². The van der Waals surface area contributed by atoms with Gasteiger partial charge in [0.2, 0.25) is 0 Å². The molecule has 6 heteroatoms. The van der Waals surface area contributed by atoms with Gasteiger partial charge in [0.1, 0.15) is 16.5 Å². The van der Waals surface area contributed by atoms with E-state index in [1.807, 2.05) is 32.0 Å². The summed E-state index contributed by atoms with van der Waals surface area (Å²) in [7, 11) is 0. The van der Waals surface area contributed by atoms with E-state index in [0.717, 1.165) is 47.0 Å². The van der Waals surface area contributed by atoms with E-state index < -0.39 is 0 Å². The van der Waals surface area contributed by atoms with E-state index in [9.17, 15) is 4.79 Å². The zero-order chi connectivity index (χ0) is 23.2. The van der Waals surface area contributed by atoms with Crippen LogP contribution >= 0.6 is 11.3 Å². The minimum atomic E-state index is -0.112. The molecule has 0 bridgehead atoms. The van der Waals surface area contributed by atoms with Crippen LogP contribution in [0.1, 0.15) is 53.8 Å². The van der Waals surface area contributed by atoms with Crippen LogP contribution in [0.4, 0.5) is 0 Å². The number of rotatable bonds is 10. The van der Waals surface area contributed by atoms with Gasteiger partial charge in [0.05, 0.1) is 31.9 Å². The summed E-state index contributed by atoms with van der Waals surface area (Å²) in [5.74, 6) is 1.88. The van der Waals surface area contributed by atoms with E-state index in [-0.39, 0.29) is 11.9 Å². The lowest BCUT2D eigenvalue weighted by molar-refractivity contribution is -0.143. The van der Waals surface area contributed by atoms with Crippen LogP contribution in [0.3, 0.4) is 0 Å². The molecule has 0 saturated heterocycles. The zero-order valence-electron chi connectivity index (χ0n) is 19.6. The second-order valence-electron chi connectivity index (χ2n) is 8.34. The van der Waals surface area contributed by atoms with Gasteiger partial charge in [-0.3, -0.25) is 4.79 Å². The summed E-state index contributed by atoms with van der Waals surface area (Å²) >= 11 is 1.72. The van der Waals surface area contributed by atoms with Crippen LogP contribution in [0.25, 0.3) is 10.6 Å². The number of ether oxygens (including phenoxy) is 3. The fourth-order valence-corrected chi connectivity index (χ4v) is 5.05. The number of hydrogen-bond acceptors (Lipinski definition) is 6. The molecule has 1 heterocycles. The third-order valence-corrected chi connectivity index (χ3v) is 7.11. The molecule has 1 aliphatic rings. The number of benzene rings is 2. The SMILES string of the molecule is CCOC(=O)C[C@@H]1CCc2cc(OCCCOc3ccc(-c4nc(C)c(C)s4)cc3)ccc21. The quantitative estimate of drug-likeness (QED) is 0.261. The number of nitrogens with zero attached hydrogens (tertiary/aromatic N) is 1. The number of aromatic nitrogens is 1. The maximum atomic E-state index is 11.8. The molecule has 1 atom stereocenters. The van der Waals surface area contributed by atoms with Gasteiger partial charge in [0.25, 0.3) is 0 Å². The van der Waals surface area contributed by atoms with Crippen molar-refractivity contribution >= 4 is 17.3 Å². The first-order chi connectivity index (χ1) is 16.0. The van der Waals surface area contributed by atoms with E-state index in [1.54, 1.807) is 11.3 Å². The molecule has 0 unspecified atom stereocenters. The first-order valence-corrected chi connectivity index (χ1v) is 12.4. The van der Waals surface area contributed by atoms with Crippen molar-refractivity contribution in [2.24, 2.45) is 0 Å². The molecule has 0 N–H and O–H groups in total. The first kappa shape index (κ1) is 23.3. The average Bonchev–Trinajstić information content (AvgIpc) is 3.36. The molecule has 3 aromatic rings. The predicted octanol–water partition coefficient (Wildman–Crippen LogP) is 6.26. The van der Waals surface area contributed by atoms with E-state index in [0.29, 0.717) is 26.2 Å². The van der Waals surface area contributed by atoms with Crippen LogP contribution in [0, 0.1) is 13.8 Å². The Bertz CT molecular complexity index is 1070. The molecule has 0 radical (unpaired) electrons. The van der Waals surface area contributed by atoms with Crippen molar-refractivity contribution in [1.82, 2.24) is 4.98 Å². The Balaban J connectivity index is 1.20. The predicted molar refractivity (Wildman–Crippen MR) is 131 cm³/mol. The van der Waals surface area contributed by atoms with Crippen molar-refractivity contribution in [3.8, 4) is 22.1 Å². The maximum Gasteiger partial charge on any atom is 0.306 e. The molecule has 0 fully saturated rings. The van der Waals surface area contributed by atoms with Gasteiger partial charge in [-0.25, -0.2) is 4.98 Å². The van der Waals surface area contributed by atoms with Gasteiger partial charge >= 0.3 is 5.97 Å². The molecular formula is C27H31NO4S. The number of thiazole rings is 1. The Morgan fingerprint density at radius 1 is 1.06 bits per heavy atom. The number of hydrogen-bond donors (Lipinski definition) is 0. The standard InChI is InChI=1S/C27H31NO4S/c1-4-30-26(29)17-22-7-6-21-16-24(12-13-25(21)22)32-15-5-14-31-23-10-8-20(9-11-23)27-28-18(2)19(3)33-27/h8-13,16,22H,4-7,14-15,17H2,1-3H3/t22-/m0/s1. The van der Waals surface area contributed by atoms with E-state index >= 15 is 0 Å². The molecule has 5 nitrogen and oxygen atoms in total. The molecule has 0 amide bonds. The Morgan fingerprint density at radius 3 is 2.48 bits per heavy atom. The molecular weight excluding hydrogens is 434 g/mol. The van der Waals surface area contributed by atoms with Gasteiger partial charge < -0.3 is 14.2 Å². The second kappa shape index (κ2) is 10.8. The van der Waals surface area contributed by atoms with Crippen molar-refractivity contribution in [2.45, 2.75) is 52.4 Å². The molecule has 33 heavy (non-hydrogen) atoms. The molecule has 0 spiro atoms. The van der Waals surface area contributed by atoms with Gasteiger partial charge in [0, 0.05) is 16.9 Å². The molecule has 174 valence electrons. The zero-order valence-corrected chi connectivity index (χ0v) is 20.4. The number of carbonyl (C=O) groups is 1. The minimum absolute atomic E-state index is 0.112. The fourth-order valence-electron chi connectivity index (χ4n) is 4.13. The number of aryl methyl sites for hydroxylation is 3. The van der Waals surface area contributed by atoms with E-state index in [2.05, 4.69) is 36.2 Å². The lowest BCUT2D eigenvalue weighted by Crippen LogP contribution is -2.08. The third-order valence-electron chi connectivity index (χ3n) is 5.99. The molecule has 1 aromatic heterocycles. The maximum absolute atomic E-state index is 11.8.